The number of carbonyl (C=O) groups is 1. The van der Waals surface area contributed by atoms with Crippen LogP contribution in [0.1, 0.15) is 18.6 Å². The maximum absolute atomic E-state index is 13.1. The number of hydrogen-bond acceptors (Lipinski definition) is 6. The Hall–Kier alpha value is -2.62. The Bertz CT molecular complexity index is 1010. The number of hydrogen-bond donors (Lipinski definition) is 1. The predicted octanol–water partition coefficient (Wildman–Crippen LogP) is 2.55. The minimum Gasteiger partial charge on any atom is -0.465 e. The van der Waals surface area contributed by atoms with Crippen LogP contribution < -0.4 is 10.2 Å². The van der Waals surface area contributed by atoms with Crippen molar-refractivity contribution in [1.82, 2.24) is 4.31 Å². The van der Waals surface area contributed by atoms with Crippen molar-refractivity contribution in [2.24, 2.45) is 0 Å². The molecule has 2 aliphatic heterocycles. The minimum absolute atomic E-state index is 0.165. The molecule has 3 heterocycles. The normalized spacial score (nSPS) is 18.2. The molecule has 30 heavy (non-hydrogen) atoms. The molecule has 2 aliphatic rings. The standard InChI is InChI=1S/C21H25N3O5S/c25-21(8-5-17-4-3-13-29-17)22-19-16-18(6-7-20(19)23-9-1-2-10-23)30(26,27)24-11-14-28-15-12-24/h3-8,13,16H,1-2,9-12,14-15H2,(H,22,25)/b8-5+. The third-order valence-electron chi connectivity index (χ3n) is 5.22. The molecule has 1 N–H and O–H groups in total. The fourth-order valence-electron chi connectivity index (χ4n) is 3.66. The molecule has 2 aromatic rings. The average Bonchev–Trinajstić information content (AvgIpc) is 3.47. The van der Waals surface area contributed by atoms with E-state index in [1.165, 1.54) is 16.6 Å². The molecule has 0 unspecified atom stereocenters. The number of anilines is 2. The van der Waals surface area contributed by atoms with Gasteiger partial charge in [0, 0.05) is 32.3 Å². The largest absolute Gasteiger partial charge is 0.465 e. The number of nitrogens with zero attached hydrogens (tertiary/aromatic N) is 2. The van der Waals surface area contributed by atoms with Gasteiger partial charge in [-0.15, -0.1) is 0 Å². The summed E-state index contributed by atoms with van der Waals surface area (Å²) in [7, 11) is -3.66. The zero-order valence-corrected chi connectivity index (χ0v) is 17.4. The van der Waals surface area contributed by atoms with Gasteiger partial charge in [-0.05, 0) is 49.2 Å². The number of furan rings is 1. The Labute approximate surface area is 176 Å². The maximum Gasteiger partial charge on any atom is 0.248 e. The molecule has 1 amide bonds. The number of amides is 1. The van der Waals surface area contributed by atoms with Gasteiger partial charge < -0.3 is 19.4 Å². The van der Waals surface area contributed by atoms with Crippen molar-refractivity contribution < 1.29 is 22.4 Å². The van der Waals surface area contributed by atoms with Crippen LogP contribution in [-0.4, -0.2) is 58.0 Å². The number of morpholine rings is 1. The molecule has 0 bridgehead atoms. The summed E-state index contributed by atoms with van der Waals surface area (Å²) in [5.41, 5.74) is 1.31. The van der Waals surface area contributed by atoms with Crippen molar-refractivity contribution in [1.29, 1.82) is 0 Å². The van der Waals surface area contributed by atoms with Gasteiger partial charge in [0.05, 0.1) is 35.7 Å². The van der Waals surface area contributed by atoms with Gasteiger partial charge in [-0.1, -0.05) is 0 Å². The monoisotopic (exact) mass is 431 g/mol. The Morgan fingerprint density at radius 2 is 1.83 bits per heavy atom. The smallest absolute Gasteiger partial charge is 0.248 e. The second kappa shape index (κ2) is 9.03. The first-order valence-electron chi connectivity index (χ1n) is 10.0. The van der Waals surface area contributed by atoms with Crippen molar-refractivity contribution in [2.45, 2.75) is 17.7 Å². The molecule has 1 aromatic carbocycles. The number of nitrogens with one attached hydrogen (secondary N) is 1. The number of ether oxygens (including phenoxy) is 1. The van der Waals surface area contributed by atoms with E-state index < -0.39 is 10.0 Å². The van der Waals surface area contributed by atoms with Gasteiger partial charge in [0.1, 0.15) is 5.76 Å². The van der Waals surface area contributed by atoms with E-state index in [0.29, 0.717) is 37.8 Å². The van der Waals surface area contributed by atoms with Crippen molar-refractivity contribution in [2.75, 3.05) is 49.6 Å². The maximum atomic E-state index is 13.1. The van der Waals surface area contributed by atoms with Crippen molar-refractivity contribution in [3.63, 3.8) is 0 Å². The van der Waals surface area contributed by atoms with Crippen LogP contribution in [0.25, 0.3) is 6.08 Å². The average molecular weight is 432 g/mol. The fourth-order valence-corrected chi connectivity index (χ4v) is 5.10. The molecule has 0 atom stereocenters. The van der Waals surface area contributed by atoms with Gasteiger partial charge in [-0.25, -0.2) is 8.42 Å². The molecule has 8 nitrogen and oxygen atoms in total. The van der Waals surface area contributed by atoms with Crippen molar-refractivity contribution in [3.8, 4) is 0 Å². The number of benzene rings is 1. The van der Waals surface area contributed by atoms with Crippen LogP contribution >= 0.6 is 0 Å². The van der Waals surface area contributed by atoms with Crippen LogP contribution in [0.4, 0.5) is 11.4 Å². The first kappa shape index (κ1) is 20.6. The van der Waals surface area contributed by atoms with Crippen LogP contribution in [0.2, 0.25) is 0 Å². The Balaban J connectivity index is 1.61. The van der Waals surface area contributed by atoms with Crippen LogP contribution in [0.5, 0.6) is 0 Å². The van der Waals surface area contributed by atoms with E-state index in [1.807, 2.05) is 0 Å². The first-order valence-corrected chi connectivity index (χ1v) is 11.5. The molecule has 9 heteroatoms. The predicted molar refractivity (Wildman–Crippen MR) is 114 cm³/mol. The third kappa shape index (κ3) is 4.58. The summed E-state index contributed by atoms with van der Waals surface area (Å²) >= 11 is 0. The summed E-state index contributed by atoms with van der Waals surface area (Å²) in [4.78, 5) is 14.8. The van der Waals surface area contributed by atoms with E-state index in [1.54, 1.807) is 36.4 Å². The van der Waals surface area contributed by atoms with Crippen LogP contribution in [-0.2, 0) is 19.6 Å². The van der Waals surface area contributed by atoms with Gasteiger partial charge >= 0.3 is 0 Å². The van der Waals surface area contributed by atoms with E-state index >= 15 is 0 Å². The van der Waals surface area contributed by atoms with E-state index in [-0.39, 0.29) is 10.8 Å². The highest BCUT2D eigenvalue weighted by Crippen LogP contribution is 2.32. The SMILES string of the molecule is O=C(/C=C/c1ccco1)Nc1cc(S(=O)(=O)N2CCOCC2)ccc1N1CCCC1. The van der Waals surface area contributed by atoms with E-state index in [4.69, 9.17) is 9.15 Å². The Kier molecular flexibility index (Phi) is 6.21. The van der Waals surface area contributed by atoms with Crippen LogP contribution in [0, 0.1) is 0 Å². The number of rotatable bonds is 6. The Morgan fingerprint density at radius 1 is 1.07 bits per heavy atom. The number of carbonyl (C=O) groups excluding carboxylic acids is 1. The van der Waals surface area contributed by atoms with E-state index in [2.05, 4.69) is 10.2 Å². The van der Waals surface area contributed by atoms with Gasteiger partial charge in [0.25, 0.3) is 0 Å². The zero-order valence-electron chi connectivity index (χ0n) is 16.6. The summed E-state index contributed by atoms with van der Waals surface area (Å²) in [5.74, 6) is 0.210. The highest BCUT2D eigenvalue weighted by Gasteiger charge is 2.28. The fraction of sp³-hybridized carbons (Fsp3) is 0.381. The van der Waals surface area contributed by atoms with Crippen molar-refractivity contribution in [3.05, 3.63) is 48.4 Å². The number of sulfonamides is 1. The Morgan fingerprint density at radius 3 is 2.53 bits per heavy atom. The molecule has 0 saturated carbocycles. The first-order chi connectivity index (χ1) is 14.5. The summed E-state index contributed by atoms with van der Waals surface area (Å²) in [6, 6.07) is 8.44. The summed E-state index contributed by atoms with van der Waals surface area (Å²) in [6.07, 6.45) is 6.61. The molecule has 2 fully saturated rings. The van der Waals surface area contributed by atoms with Crippen molar-refractivity contribution >= 4 is 33.4 Å². The molecule has 1 aromatic heterocycles. The molecule has 160 valence electrons. The van der Waals surface area contributed by atoms with E-state index in [0.717, 1.165) is 31.6 Å². The van der Waals surface area contributed by atoms with Gasteiger partial charge in [-0.3, -0.25) is 4.79 Å². The van der Waals surface area contributed by atoms with Gasteiger partial charge in [-0.2, -0.15) is 4.31 Å². The van der Waals surface area contributed by atoms with Crippen LogP contribution in [0.15, 0.2) is 52.0 Å². The van der Waals surface area contributed by atoms with E-state index in [9.17, 15) is 13.2 Å². The molecule has 2 saturated heterocycles. The molecule has 4 rings (SSSR count). The summed E-state index contributed by atoms with van der Waals surface area (Å²) in [5, 5.41) is 2.85. The molecule has 0 radical (unpaired) electrons. The minimum atomic E-state index is -3.66. The second-order valence-electron chi connectivity index (χ2n) is 7.23. The summed E-state index contributed by atoms with van der Waals surface area (Å²) in [6.45, 7) is 3.16. The lowest BCUT2D eigenvalue weighted by atomic mass is 10.2. The quantitative estimate of drug-likeness (QED) is 0.707. The molecular formula is C21H25N3O5S. The van der Waals surface area contributed by atoms with Gasteiger partial charge in [0.2, 0.25) is 15.9 Å². The molecule has 0 spiro atoms. The molecule has 0 aliphatic carbocycles. The lowest BCUT2D eigenvalue weighted by Gasteiger charge is -2.27. The second-order valence-corrected chi connectivity index (χ2v) is 9.17. The third-order valence-corrected chi connectivity index (χ3v) is 7.12. The molecular weight excluding hydrogens is 406 g/mol. The zero-order chi connectivity index (χ0) is 21.0. The highest BCUT2D eigenvalue weighted by molar-refractivity contribution is 7.89. The van der Waals surface area contributed by atoms with Crippen LogP contribution in [0.3, 0.4) is 0 Å². The highest BCUT2D eigenvalue weighted by atomic mass is 32.2. The lowest BCUT2D eigenvalue weighted by Crippen LogP contribution is -2.40. The lowest BCUT2D eigenvalue weighted by molar-refractivity contribution is -0.111. The summed E-state index contributed by atoms with van der Waals surface area (Å²) < 4.78 is 38.0. The van der Waals surface area contributed by atoms with Gasteiger partial charge in [0.15, 0.2) is 0 Å². The topological polar surface area (TPSA) is 92.1 Å².